The molecule has 2 aromatic rings. The monoisotopic (exact) mass is 427 g/mol. The summed E-state index contributed by atoms with van der Waals surface area (Å²) in [5.41, 5.74) is 2.37. The van der Waals surface area contributed by atoms with Crippen molar-refractivity contribution < 1.29 is 19.1 Å². The van der Waals surface area contributed by atoms with Crippen LogP contribution in [0.4, 0.5) is 9.80 Å². The zero-order valence-electron chi connectivity index (χ0n) is 17.4. The number of carbonyl (C=O) groups excluding carboxylic acids is 2. The van der Waals surface area contributed by atoms with Crippen LogP contribution in [-0.2, 0) is 22.5 Å². The van der Waals surface area contributed by atoms with Gasteiger partial charge in [0, 0.05) is 17.8 Å². The van der Waals surface area contributed by atoms with E-state index in [4.69, 9.17) is 9.47 Å². The van der Waals surface area contributed by atoms with Crippen molar-refractivity contribution >= 4 is 28.3 Å². The fraction of sp³-hybridized carbons (Fsp3) is 0.409. The molecule has 1 atom stereocenters. The zero-order chi connectivity index (χ0) is 21.7. The van der Waals surface area contributed by atoms with E-state index in [1.54, 1.807) is 18.9 Å². The number of thiophene rings is 1. The third-order valence-electron chi connectivity index (χ3n) is 5.11. The number of para-hydroxylation sites is 1. The van der Waals surface area contributed by atoms with Crippen molar-refractivity contribution in [3.05, 3.63) is 45.8 Å². The lowest BCUT2D eigenvalue weighted by molar-refractivity contribution is -0.116. The Labute approximate surface area is 180 Å². The van der Waals surface area contributed by atoms with Gasteiger partial charge < -0.3 is 19.7 Å². The second kappa shape index (κ2) is 9.63. The molecule has 2 amide bonds. The molecular weight excluding hydrogens is 402 g/mol. The second-order valence-corrected chi connectivity index (χ2v) is 8.19. The van der Waals surface area contributed by atoms with Crippen LogP contribution in [-0.4, -0.2) is 37.2 Å². The summed E-state index contributed by atoms with van der Waals surface area (Å²) < 4.78 is 10.5. The van der Waals surface area contributed by atoms with Gasteiger partial charge in [0.05, 0.1) is 25.8 Å². The second-order valence-electron chi connectivity index (χ2n) is 7.09. The molecule has 0 unspecified atom stereocenters. The fourth-order valence-corrected chi connectivity index (χ4v) is 4.85. The molecule has 30 heavy (non-hydrogen) atoms. The molecule has 0 spiro atoms. The van der Waals surface area contributed by atoms with Crippen LogP contribution >= 0.6 is 11.3 Å². The van der Waals surface area contributed by atoms with Crippen molar-refractivity contribution in [3.8, 4) is 11.8 Å². The standard InChI is InChI=1S/C22H25N3O4S/c1-4-29-22(27)25-10-9-16-17(12-23)21(30-19(16)13-25)24-20(26)11-14(2)15-7-5-6-8-18(15)28-3/h5-8,14H,4,9-11,13H2,1-3H3,(H,24,26)/t14-/m0/s1. The maximum Gasteiger partial charge on any atom is 0.410 e. The molecule has 1 aliphatic heterocycles. The molecule has 1 aliphatic rings. The summed E-state index contributed by atoms with van der Waals surface area (Å²) in [5.74, 6) is 0.549. The first-order chi connectivity index (χ1) is 14.5. The average Bonchev–Trinajstić information content (AvgIpc) is 3.09. The van der Waals surface area contributed by atoms with Gasteiger partial charge >= 0.3 is 6.09 Å². The molecule has 7 nitrogen and oxygen atoms in total. The van der Waals surface area contributed by atoms with Crippen LogP contribution in [0, 0.1) is 11.3 Å². The van der Waals surface area contributed by atoms with Crippen LogP contribution in [0.3, 0.4) is 0 Å². The quantitative estimate of drug-likeness (QED) is 0.743. The number of nitrogens with one attached hydrogen (secondary N) is 1. The normalized spacial score (nSPS) is 13.7. The van der Waals surface area contributed by atoms with E-state index in [0.717, 1.165) is 21.8 Å². The molecule has 8 heteroatoms. The third-order valence-corrected chi connectivity index (χ3v) is 6.24. The minimum Gasteiger partial charge on any atom is -0.496 e. The molecule has 158 valence electrons. The SMILES string of the molecule is CCOC(=O)N1CCc2c(sc(NC(=O)C[C@H](C)c3ccccc3OC)c2C#N)C1. The lowest BCUT2D eigenvalue weighted by Crippen LogP contribution is -2.35. The van der Waals surface area contributed by atoms with E-state index in [-0.39, 0.29) is 24.3 Å². The molecule has 0 fully saturated rings. The van der Waals surface area contributed by atoms with Crippen molar-refractivity contribution in [2.75, 3.05) is 25.6 Å². The number of anilines is 1. The molecule has 0 saturated carbocycles. The first-order valence-corrected chi connectivity index (χ1v) is 10.7. The molecule has 1 aromatic heterocycles. The number of amides is 2. The highest BCUT2D eigenvalue weighted by molar-refractivity contribution is 7.16. The maximum atomic E-state index is 12.7. The number of hydrogen-bond acceptors (Lipinski definition) is 6. The van der Waals surface area contributed by atoms with E-state index in [9.17, 15) is 14.9 Å². The van der Waals surface area contributed by atoms with Gasteiger partial charge in [0.1, 0.15) is 16.8 Å². The molecule has 1 N–H and O–H groups in total. The van der Waals surface area contributed by atoms with Gasteiger partial charge in [-0.1, -0.05) is 25.1 Å². The van der Waals surface area contributed by atoms with Gasteiger partial charge in [-0.05, 0) is 36.5 Å². The third kappa shape index (κ3) is 4.57. The Hall–Kier alpha value is -3.05. The Morgan fingerprint density at radius 1 is 1.37 bits per heavy atom. The predicted molar refractivity (Wildman–Crippen MR) is 115 cm³/mol. The van der Waals surface area contributed by atoms with Crippen molar-refractivity contribution in [1.29, 1.82) is 5.26 Å². The Bertz CT molecular complexity index is 979. The van der Waals surface area contributed by atoms with Crippen molar-refractivity contribution in [2.24, 2.45) is 0 Å². The number of methoxy groups -OCH3 is 1. The molecule has 0 bridgehead atoms. The van der Waals surface area contributed by atoms with E-state index in [1.165, 1.54) is 11.3 Å². The highest BCUT2D eigenvalue weighted by Crippen LogP contribution is 2.37. The minimum absolute atomic E-state index is 0.0411. The van der Waals surface area contributed by atoms with Crippen molar-refractivity contribution in [3.63, 3.8) is 0 Å². The van der Waals surface area contributed by atoms with E-state index in [2.05, 4.69) is 11.4 Å². The van der Waals surface area contributed by atoms with Gasteiger partial charge in [-0.15, -0.1) is 11.3 Å². The number of benzene rings is 1. The van der Waals surface area contributed by atoms with Crippen molar-refractivity contribution in [1.82, 2.24) is 4.90 Å². The smallest absolute Gasteiger partial charge is 0.410 e. The van der Waals surface area contributed by atoms with Gasteiger partial charge in [0.15, 0.2) is 0 Å². The van der Waals surface area contributed by atoms with Crippen LogP contribution < -0.4 is 10.1 Å². The van der Waals surface area contributed by atoms with E-state index in [0.29, 0.717) is 36.7 Å². The predicted octanol–water partition coefficient (Wildman–Crippen LogP) is 4.28. The van der Waals surface area contributed by atoms with Gasteiger partial charge in [-0.3, -0.25) is 4.79 Å². The number of carbonyl (C=O) groups is 2. The first kappa shape index (κ1) is 21.7. The topological polar surface area (TPSA) is 91.7 Å². The van der Waals surface area contributed by atoms with E-state index < -0.39 is 0 Å². The van der Waals surface area contributed by atoms with Gasteiger partial charge in [0.25, 0.3) is 0 Å². The average molecular weight is 428 g/mol. The summed E-state index contributed by atoms with van der Waals surface area (Å²) in [6, 6.07) is 9.86. The summed E-state index contributed by atoms with van der Waals surface area (Å²) in [6.07, 6.45) is 0.482. The summed E-state index contributed by atoms with van der Waals surface area (Å²) >= 11 is 1.36. The molecule has 3 rings (SSSR count). The highest BCUT2D eigenvalue weighted by Gasteiger charge is 2.28. The van der Waals surface area contributed by atoms with E-state index in [1.807, 2.05) is 31.2 Å². The molecular formula is C22H25N3O4S. The van der Waals surface area contributed by atoms with Gasteiger partial charge in [-0.2, -0.15) is 5.26 Å². The lowest BCUT2D eigenvalue weighted by atomic mass is 9.96. The van der Waals surface area contributed by atoms with Crippen LogP contribution in [0.1, 0.15) is 47.8 Å². The minimum atomic E-state index is -0.355. The van der Waals surface area contributed by atoms with Crippen LogP contribution in [0.15, 0.2) is 24.3 Å². The molecule has 0 aliphatic carbocycles. The summed E-state index contributed by atoms with van der Waals surface area (Å²) in [6.45, 7) is 4.95. The zero-order valence-corrected chi connectivity index (χ0v) is 18.2. The summed E-state index contributed by atoms with van der Waals surface area (Å²) in [5, 5.41) is 13.1. The maximum absolute atomic E-state index is 12.7. The highest BCUT2D eigenvalue weighted by atomic mass is 32.1. The van der Waals surface area contributed by atoms with Gasteiger partial charge in [0.2, 0.25) is 5.91 Å². The largest absolute Gasteiger partial charge is 0.496 e. The molecule has 2 heterocycles. The Morgan fingerprint density at radius 3 is 2.83 bits per heavy atom. The number of ether oxygens (including phenoxy) is 2. The fourth-order valence-electron chi connectivity index (χ4n) is 3.62. The lowest BCUT2D eigenvalue weighted by Gasteiger charge is -2.25. The number of nitrogens with zero attached hydrogens (tertiary/aromatic N) is 2. The Kier molecular flexibility index (Phi) is 6.95. The van der Waals surface area contributed by atoms with Crippen LogP contribution in [0.5, 0.6) is 5.75 Å². The van der Waals surface area contributed by atoms with Crippen LogP contribution in [0.25, 0.3) is 0 Å². The first-order valence-electron chi connectivity index (χ1n) is 9.87. The number of hydrogen-bond donors (Lipinski definition) is 1. The Morgan fingerprint density at radius 2 is 2.13 bits per heavy atom. The van der Waals surface area contributed by atoms with Crippen LogP contribution in [0.2, 0.25) is 0 Å². The van der Waals surface area contributed by atoms with Gasteiger partial charge in [-0.25, -0.2) is 4.79 Å². The summed E-state index contributed by atoms with van der Waals surface area (Å²) in [7, 11) is 1.61. The van der Waals surface area contributed by atoms with E-state index >= 15 is 0 Å². The van der Waals surface area contributed by atoms with Crippen molar-refractivity contribution in [2.45, 2.75) is 39.2 Å². The number of rotatable bonds is 6. The number of fused-ring (bicyclic) bond motifs is 1. The molecule has 1 aromatic carbocycles. The Balaban J connectivity index is 1.72. The summed E-state index contributed by atoms with van der Waals surface area (Å²) in [4.78, 5) is 27.3. The molecule has 0 saturated heterocycles. The number of nitriles is 1. The molecule has 0 radical (unpaired) electrons.